The van der Waals surface area contributed by atoms with Crippen LogP contribution in [0.15, 0.2) is 59.8 Å². The zero-order valence-electron chi connectivity index (χ0n) is 15.5. The van der Waals surface area contributed by atoms with Gasteiger partial charge in [-0.15, -0.1) is 10.2 Å². The van der Waals surface area contributed by atoms with E-state index in [1.54, 1.807) is 14.0 Å². The van der Waals surface area contributed by atoms with Gasteiger partial charge in [-0.1, -0.05) is 54.2 Å². The Morgan fingerprint density at radius 2 is 1.81 bits per heavy atom. The van der Waals surface area contributed by atoms with Crippen molar-refractivity contribution >= 4 is 17.7 Å². The summed E-state index contributed by atoms with van der Waals surface area (Å²) in [5.41, 5.74) is 1.71. The maximum atomic E-state index is 12.5. The Kier molecular flexibility index (Phi) is 6.13. The predicted molar refractivity (Wildman–Crippen MR) is 105 cm³/mol. The summed E-state index contributed by atoms with van der Waals surface area (Å²) in [6.07, 6.45) is 0. The first-order valence-corrected chi connectivity index (χ1v) is 9.44. The lowest BCUT2D eigenvalue weighted by Crippen LogP contribution is -2.14. The van der Waals surface area contributed by atoms with Crippen LogP contribution < -0.4 is 4.74 Å². The quantitative estimate of drug-likeness (QED) is 0.456. The van der Waals surface area contributed by atoms with E-state index in [-0.39, 0.29) is 5.97 Å². The third-order valence-electron chi connectivity index (χ3n) is 4.01. The highest BCUT2D eigenvalue weighted by Crippen LogP contribution is 2.37. The molecule has 0 aliphatic rings. The van der Waals surface area contributed by atoms with Gasteiger partial charge >= 0.3 is 5.97 Å². The van der Waals surface area contributed by atoms with Crippen LogP contribution in [0.3, 0.4) is 0 Å². The van der Waals surface area contributed by atoms with Gasteiger partial charge in [0.25, 0.3) is 0 Å². The first kappa shape index (κ1) is 19.0. The molecule has 1 atom stereocenters. The summed E-state index contributed by atoms with van der Waals surface area (Å²) in [4.78, 5) is 12.5. The van der Waals surface area contributed by atoms with Crippen molar-refractivity contribution in [2.75, 3.05) is 13.7 Å². The van der Waals surface area contributed by atoms with Crippen molar-refractivity contribution in [3.63, 3.8) is 0 Å². The number of carbonyl (C=O) groups excluding carboxylic acids is 1. The average molecular weight is 383 g/mol. The topological polar surface area (TPSA) is 66.2 Å². The second kappa shape index (κ2) is 8.73. The maximum absolute atomic E-state index is 12.5. The van der Waals surface area contributed by atoms with Crippen molar-refractivity contribution in [1.82, 2.24) is 14.8 Å². The van der Waals surface area contributed by atoms with Gasteiger partial charge in [0.2, 0.25) is 0 Å². The molecule has 0 aliphatic heterocycles. The SMILES string of the molecule is CCOC(=O)[C@H](Sc1nnc(-c2ccccc2OC)n1C)c1ccccc1. The number of carbonyl (C=O) groups is 1. The number of methoxy groups -OCH3 is 1. The molecule has 0 N–H and O–H groups in total. The lowest BCUT2D eigenvalue weighted by molar-refractivity contribution is -0.142. The predicted octanol–water partition coefficient (Wildman–Crippen LogP) is 3.89. The first-order chi connectivity index (χ1) is 13.2. The molecule has 1 aromatic heterocycles. The monoisotopic (exact) mass is 383 g/mol. The van der Waals surface area contributed by atoms with Crippen LogP contribution >= 0.6 is 11.8 Å². The molecule has 0 aliphatic carbocycles. The molecule has 0 unspecified atom stereocenters. The van der Waals surface area contributed by atoms with E-state index in [2.05, 4.69) is 10.2 Å². The Morgan fingerprint density at radius 3 is 2.52 bits per heavy atom. The molecule has 1 heterocycles. The molecule has 0 amide bonds. The number of thioether (sulfide) groups is 1. The molecule has 3 aromatic rings. The largest absolute Gasteiger partial charge is 0.496 e. The molecule has 3 rings (SSSR count). The summed E-state index contributed by atoms with van der Waals surface area (Å²) >= 11 is 1.32. The van der Waals surface area contributed by atoms with Crippen molar-refractivity contribution in [3.8, 4) is 17.1 Å². The van der Waals surface area contributed by atoms with Crippen molar-refractivity contribution in [1.29, 1.82) is 0 Å². The number of benzene rings is 2. The number of rotatable bonds is 7. The third-order valence-corrected chi connectivity index (χ3v) is 5.28. The molecule has 0 fully saturated rings. The Morgan fingerprint density at radius 1 is 1.11 bits per heavy atom. The van der Waals surface area contributed by atoms with Crippen LogP contribution in [-0.2, 0) is 16.6 Å². The van der Waals surface area contributed by atoms with Crippen LogP contribution in [0.2, 0.25) is 0 Å². The molecule has 27 heavy (non-hydrogen) atoms. The minimum Gasteiger partial charge on any atom is -0.496 e. The second-order valence-corrected chi connectivity index (χ2v) is 6.80. The van der Waals surface area contributed by atoms with Crippen molar-refractivity contribution in [3.05, 3.63) is 60.2 Å². The van der Waals surface area contributed by atoms with E-state index in [9.17, 15) is 4.79 Å². The van der Waals surface area contributed by atoms with Crippen LogP contribution in [-0.4, -0.2) is 34.5 Å². The summed E-state index contributed by atoms with van der Waals surface area (Å²) in [7, 11) is 3.49. The number of esters is 1. The molecule has 0 saturated heterocycles. The summed E-state index contributed by atoms with van der Waals surface area (Å²) in [6.45, 7) is 2.13. The molecule has 7 heteroatoms. The van der Waals surface area contributed by atoms with Crippen LogP contribution in [0, 0.1) is 0 Å². The molecule has 0 saturated carbocycles. The minimum absolute atomic E-state index is 0.296. The van der Waals surface area contributed by atoms with Gasteiger partial charge in [0, 0.05) is 7.05 Å². The van der Waals surface area contributed by atoms with Gasteiger partial charge < -0.3 is 14.0 Å². The van der Waals surface area contributed by atoms with Gasteiger partial charge in [0.15, 0.2) is 11.0 Å². The summed E-state index contributed by atoms with van der Waals surface area (Å²) < 4.78 is 12.5. The fourth-order valence-electron chi connectivity index (χ4n) is 2.68. The second-order valence-electron chi connectivity index (χ2n) is 5.73. The molecule has 140 valence electrons. The van der Waals surface area contributed by atoms with E-state index in [1.807, 2.05) is 66.2 Å². The Labute approximate surface area is 162 Å². The van der Waals surface area contributed by atoms with Gasteiger partial charge in [0.1, 0.15) is 11.0 Å². The van der Waals surface area contributed by atoms with E-state index >= 15 is 0 Å². The maximum Gasteiger partial charge on any atom is 0.324 e. The normalized spacial score (nSPS) is 11.8. The molecule has 0 spiro atoms. The zero-order valence-corrected chi connectivity index (χ0v) is 16.3. The highest BCUT2D eigenvalue weighted by molar-refractivity contribution is 8.00. The number of hydrogen-bond acceptors (Lipinski definition) is 6. The lowest BCUT2D eigenvalue weighted by atomic mass is 10.1. The number of para-hydroxylation sites is 1. The fourth-order valence-corrected chi connectivity index (χ4v) is 3.69. The highest BCUT2D eigenvalue weighted by Gasteiger charge is 2.26. The number of hydrogen-bond donors (Lipinski definition) is 0. The third kappa shape index (κ3) is 4.14. The minimum atomic E-state index is -0.514. The van der Waals surface area contributed by atoms with E-state index in [0.717, 1.165) is 16.9 Å². The number of ether oxygens (including phenoxy) is 2. The Balaban J connectivity index is 1.94. The van der Waals surface area contributed by atoms with Gasteiger partial charge in [-0.05, 0) is 24.6 Å². The van der Waals surface area contributed by atoms with Gasteiger partial charge in [-0.2, -0.15) is 0 Å². The molecular weight excluding hydrogens is 362 g/mol. The molecule has 0 radical (unpaired) electrons. The average Bonchev–Trinajstić information content (AvgIpc) is 3.07. The van der Waals surface area contributed by atoms with E-state index in [4.69, 9.17) is 9.47 Å². The Hall–Kier alpha value is -2.80. The van der Waals surface area contributed by atoms with Gasteiger partial charge in [-0.3, -0.25) is 4.79 Å². The van der Waals surface area contributed by atoms with Gasteiger partial charge in [-0.25, -0.2) is 0 Å². The van der Waals surface area contributed by atoms with Crippen LogP contribution in [0.4, 0.5) is 0 Å². The van der Waals surface area contributed by atoms with Crippen molar-refractivity contribution in [2.45, 2.75) is 17.3 Å². The van der Waals surface area contributed by atoms with Gasteiger partial charge in [0.05, 0.1) is 19.3 Å². The van der Waals surface area contributed by atoms with E-state index in [0.29, 0.717) is 17.6 Å². The molecular formula is C20H21N3O3S. The van der Waals surface area contributed by atoms with Crippen molar-refractivity contribution < 1.29 is 14.3 Å². The fraction of sp³-hybridized carbons (Fsp3) is 0.250. The smallest absolute Gasteiger partial charge is 0.324 e. The summed E-state index contributed by atoms with van der Waals surface area (Å²) in [6, 6.07) is 17.2. The Bertz CT molecular complexity index is 912. The molecule has 0 bridgehead atoms. The highest BCUT2D eigenvalue weighted by atomic mass is 32.2. The lowest BCUT2D eigenvalue weighted by Gasteiger charge is -2.15. The number of nitrogens with zero attached hydrogens (tertiary/aromatic N) is 3. The molecule has 2 aromatic carbocycles. The van der Waals surface area contributed by atoms with Crippen molar-refractivity contribution in [2.24, 2.45) is 7.05 Å². The molecule has 6 nitrogen and oxygen atoms in total. The zero-order chi connectivity index (χ0) is 19.2. The first-order valence-electron chi connectivity index (χ1n) is 8.56. The summed E-state index contributed by atoms with van der Waals surface area (Å²) in [5, 5.41) is 8.70. The van der Waals surface area contributed by atoms with Crippen LogP contribution in [0.5, 0.6) is 5.75 Å². The number of aromatic nitrogens is 3. The summed E-state index contributed by atoms with van der Waals surface area (Å²) in [5.74, 6) is 1.09. The van der Waals surface area contributed by atoms with E-state index in [1.165, 1.54) is 11.8 Å². The van der Waals surface area contributed by atoms with E-state index < -0.39 is 5.25 Å². The van der Waals surface area contributed by atoms with Crippen LogP contribution in [0.1, 0.15) is 17.7 Å². The standard InChI is InChI=1S/C20H21N3O3S/c1-4-26-19(24)17(14-10-6-5-7-11-14)27-20-22-21-18(23(20)2)15-12-8-9-13-16(15)25-3/h5-13,17H,4H2,1-3H3/t17-/m1/s1. The van der Waals surface area contributed by atoms with Crippen LogP contribution in [0.25, 0.3) is 11.4 Å².